The summed E-state index contributed by atoms with van der Waals surface area (Å²) in [6, 6.07) is 0. The van der Waals surface area contributed by atoms with Gasteiger partial charge < -0.3 is 4.74 Å². The standard InChI is InChI=1S/C11H23NO/c1-4-7-10-8-9-12-11(5-2,6-3)13-10/h10,12H,4-9H2,1-3H3. The first-order chi connectivity index (χ1) is 6.26. The summed E-state index contributed by atoms with van der Waals surface area (Å²) in [4.78, 5) is 0. The van der Waals surface area contributed by atoms with E-state index >= 15 is 0 Å². The Bertz CT molecular complexity index is 141. The minimum atomic E-state index is -0.0158. The van der Waals surface area contributed by atoms with Crippen molar-refractivity contribution in [1.82, 2.24) is 5.32 Å². The Kier molecular flexibility index (Phi) is 4.20. The Morgan fingerprint density at radius 2 is 2.00 bits per heavy atom. The van der Waals surface area contributed by atoms with Crippen LogP contribution in [0.5, 0.6) is 0 Å². The van der Waals surface area contributed by atoms with Crippen molar-refractivity contribution < 1.29 is 4.74 Å². The molecule has 0 radical (unpaired) electrons. The molecule has 1 saturated heterocycles. The number of rotatable bonds is 4. The molecule has 1 aliphatic heterocycles. The molecule has 78 valence electrons. The molecular weight excluding hydrogens is 162 g/mol. The van der Waals surface area contributed by atoms with Crippen LogP contribution < -0.4 is 5.32 Å². The van der Waals surface area contributed by atoms with Gasteiger partial charge in [0.2, 0.25) is 0 Å². The second-order valence-corrected chi connectivity index (χ2v) is 3.95. The lowest BCUT2D eigenvalue weighted by atomic mass is 10.0. The van der Waals surface area contributed by atoms with Gasteiger partial charge in [-0.15, -0.1) is 0 Å². The molecule has 0 aromatic rings. The van der Waals surface area contributed by atoms with Gasteiger partial charge in [0.25, 0.3) is 0 Å². The maximum Gasteiger partial charge on any atom is 0.119 e. The van der Waals surface area contributed by atoms with E-state index in [-0.39, 0.29) is 5.72 Å². The molecular formula is C11H23NO. The van der Waals surface area contributed by atoms with Crippen molar-refractivity contribution in [2.45, 2.75) is 64.7 Å². The van der Waals surface area contributed by atoms with Crippen molar-refractivity contribution in [2.75, 3.05) is 6.54 Å². The molecule has 0 saturated carbocycles. The van der Waals surface area contributed by atoms with E-state index in [9.17, 15) is 0 Å². The van der Waals surface area contributed by atoms with E-state index in [0.29, 0.717) is 6.10 Å². The topological polar surface area (TPSA) is 21.3 Å². The van der Waals surface area contributed by atoms with E-state index in [2.05, 4.69) is 26.1 Å². The smallest absolute Gasteiger partial charge is 0.119 e. The molecule has 0 amide bonds. The van der Waals surface area contributed by atoms with Gasteiger partial charge in [0, 0.05) is 6.54 Å². The first-order valence-electron chi connectivity index (χ1n) is 5.69. The summed E-state index contributed by atoms with van der Waals surface area (Å²) in [6.45, 7) is 7.74. The van der Waals surface area contributed by atoms with Crippen LogP contribution in [0.25, 0.3) is 0 Å². The SMILES string of the molecule is CCCC1CCNC(CC)(CC)O1. The van der Waals surface area contributed by atoms with Gasteiger partial charge in [-0.05, 0) is 25.7 Å². The molecule has 1 aliphatic rings. The average molecular weight is 185 g/mol. The van der Waals surface area contributed by atoms with Crippen LogP contribution in [0.2, 0.25) is 0 Å². The van der Waals surface area contributed by atoms with Gasteiger partial charge in [-0.25, -0.2) is 0 Å². The van der Waals surface area contributed by atoms with E-state index < -0.39 is 0 Å². The summed E-state index contributed by atoms with van der Waals surface area (Å²) in [6.07, 6.45) is 6.26. The fourth-order valence-corrected chi connectivity index (χ4v) is 2.07. The lowest BCUT2D eigenvalue weighted by Gasteiger charge is -2.41. The molecule has 1 atom stereocenters. The predicted molar refractivity (Wildman–Crippen MR) is 55.7 cm³/mol. The number of ether oxygens (including phenoxy) is 1. The summed E-state index contributed by atoms with van der Waals surface area (Å²) in [5, 5.41) is 3.50. The van der Waals surface area contributed by atoms with Crippen LogP contribution in [0, 0.1) is 0 Å². The molecule has 0 aliphatic carbocycles. The van der Waals surface area contributed by atoms with E-state index in [0.717, 1.165) is 19.4 Å². The molecule has 0 aromatic carbocycles. The zero-order valence-corrected chi connectivity index (χ0v) is 9.23. The maximum atomic E-state index is 6.10. The summed E-state index contributed by atoms with van der Waals surface area (Å²) in [5.74, 6) is 0. The van der Waals surface area contributed by atoms with Gasteiger partial charge in [0.05, 0.1) is 6.10 Å². The summed E-state index contributed by atoms with van der Waals surface area (Å²) < 4.78 is 6.10. The van der Waals surface area contributed by atoms with Gasteiger partial charge in [-0.2, -0.15) is 0 Å². The van der Waals surface area contributed by atoms with E-state index in [1.165, 1.54) is 19.3 Å². The van der Waals surface area contributed by atoms with Crippen LogP contribution in [0.4, 0.5) is 0 Å². The van der Waals surface area contributed by atoms with Crippen molar-refractivity contribution in [2.24, 2.45) is 0 Å². The van der Waals surface area contributed by atoms with Gasteiger partial charge in [-0.1, -0.05) is 27.2 Å². The van der Waals surface area contributed by atoms with Gasteiger partial charge in [0.15, 0.2) is 0 Å². The molecule has 13 heavy (non-hydrogen) atoms. The fourth-order valence-electron chi connectivity index (χ4n) is 2.07. The van der Waals surface area contributed by atoms with Crippen LogP contribution in [-0.2, 0) is 4.74 Å². The Morgan fingerprint density at radius 1 is 1.31 bits per heavy atom. The molecule has 1 heterocycles. The zero-order valence-electron chi connectivity index (χ0n) is 9.23. The lowest BCUT2D eigenvalue weighted by molar-refractivity contribution is -0.148. The van der Waals surface area contributed by atoms with Crippen molar-refractivity contribution in [3.63, 3.8) is 0 Å². The lowest BCUT2D eigenvalue weighted by Crippen LogP contribution is -2.53. The second kappa shape index (κ2) is 4.97. The minimum absolute atomic E-state index is 0.0158. The molecule has 0 spiro atoms. The second-order valence-electron chi connectivity index (χ2n) is 3.95. The van der Waals surface area contributed by atoms with Crippen LogP contribution in [0.15, 0.2) is 0 Å². The average Bonchev–Trinajstić information content (AvgIpc) is 2.19. The number of nitrogens with one attached hydrogen (secondary N) is 1. The highest BCUT2D eigenvalue weighted by molar-refractivity contribution is 4.82. The summed E-state index contributed by atoms with van der Waals surface area (Å²) >= 11 is 0. The molecule has 1 N–H and O–H groups in total. The van der Waals surface area contributed by atoms with Crippen LogP contribution in [0.3, 0.4) is 0 Å². The number of hydrogen-bond acceptors (Lipinski definition) is 2. The molecule has 1 rings (SSSR count). The summed E-state index contributed by atoms with van der Waals surface area (Å²) in [7, 11) is 0. The highest BCUT2D eigenvalue weighted by Gasteiger charge is 2.32. The molecule has 0 bridgehead atoms. The monoisotopic (exact) mass is 185 g/mol. The quantitative estimate of drug-likeness (QED) is 0.727. The fraction of sp³-hybridized carbons (Fsp3) is 1.00. The Labute approximate surface area is 82.0 Å². The number of hydrogen-bond donors (Lipinski definition) is 1. The molecule has 1 fully saturated rings. The highest BCUT2D eigenvalue weighted by atomic mass is 16.5. The molecule has 0 aromatic heterocycles. The molecule has 2 heteroatoms. The van der Waals surface area contributed by atoms with Gasteiger partial charge in [0.1, 0.15) is 5.72 Å². The third-order valence-corrected chi connectivity index (χ3v) is 3.06. The van der Waals surface area contributed by atoms with Gasteiger partial charge >= 0.3 is 0 Å². The van der Waals surface area contributed by atoms with E-state index in [1.807, 2.05) is 0 Å². The van der Waals surface area contributed by atoms with Crippen LogP contribution >= 0.6 is 0 Å². The van der Waals surface area contributed by atoms with Crippen LogP contribution in [0.1, 0.15) is 52.9 Å². The van der Waals surface area contributed by atoms with Crippen molar-refractivity contribution in [3.05, 3.63) is 0 Å². The third-order valence-electron chi connectivity index (χ3n) is 3.06. The predicted octanol–water partition coefficient (Wildman–Crippen LogP) is 2.68. The Morgan fingerprint density at radius 3 is 2.54 bits per heavy atom. The Hall–Kier alpha value is -0.0800. The minimum Gasteiger partial charge on any atom is -0.357 e. The zero-order chi connectivity index (χ0) is 9.73. The highest BCUT2D eigenvalue weighted by Crippen LogP contribution is 2.25. The largest absolute Gasteiger partial charge is 0.357 e. The van der Waals surface area contributed by atoms with Gasteiger partial charge in [-0.3, -0.25) is 5.32 Å². The van der Waals surface area contributed by atoms with E-state index in [4.69, 9.17) is 4.74 Å². The van der Waals surface area contributed by atoms with Crippen molar-refractivity contribution >= 4 is 0 Å². The first kappa shape index (κ1) is 11.0. The maximum absolute atomic E-state index is 6.10. The normalized spacial score (nSPS) is 27.5. The van der Waals surface area contributed by atoms with Crippen molar-refractivity contribution in [1.29, 1.82) is 0 Å². The van der Waals surface area contributed by atoms with Crippen LogP contribution in [-0.4, -0.2) is 18.4 Å². The van der Waals surface area contributed by atoms with E-state index in [1.54, 1.807) is 0 Å². The summed E-state index contributed by atoms with van der Waals surface area (Å²) in [5.41, 5.74) is -0.0158. The molecule has 1 unspecified atom stereocenters. The first-order valence-corrected chi connectivity index (χ1v) is 5.69. The Balaban J connectivity index is 2.48. The third kappa shape index (κ3) is 2.68. The molecule has 2 nitrogen and oxygen atoms in total. The van der Waals surface area contributed by atoms with Crippen molar-refractivity contribution in [3.8, 4) is 0 Å².